The molecule has 1 N–H and O–H groups in total. The predicted molar refractivity (Wildman–Crippen MR) is 152 cm³/mol. The van der Waals surface area contributed by atoms with Crippen molar-refractivity contribution in [1.29, 1.82) is 0 Å². The summed E-state index contributed by atoms with van der Waals surface area (Å²) in [6.07, 6.45) is 8.39. The molecule has 4 nitrogen and oxygen atoms in total. The minimum absolute atomic E-state index is 0.199. The van der Waals surface area contributed by atoms with Gasteiger partial charge < -0.3 is 14.7 Å². The average molecular weight is 514 g/mol. The van der Waals surface area contributed by atoms with Gasteiger partial charge >= 0.3 is 0 Å². The highest BCUT2D eigenvalue weighted by Crippen LogP contribution is 2.68. The van der Waals surface area contributed by atoms with E-state index < -0.39 is 5.60 Å². The largest absolute Gasteiger partial charge is 0.377 e. The van der Waals surface area contributed by atoms with Gasteiger partial charge in [0.25, 0.3) is 0 Å². The zero-order chi connectivity index (χ0) is 26.7. The highest BCUT2D eigenvalue weighted by Gasteiger charge is 2.65. The van der Waals surface area contributed by atoms with Gasteiger partial charge in [-0.25, -0.2) is 0 Å². The fourth-order valence-corrected chi connectivity index (χ4v) is 9.03. The number of aliphatic hydroxyl groups is 1. The first kappa shape index (κ1) is 25.9. The van der Waals surface area contributed by atoms with E-state index in [1.807, 2.05) is 13.0 Å². The summed E-state index contributed by atoms with van der Waals surface area (Å²) in [4.78, 5) is 14.8. The molecular formula is C34H43NO3. The van der Waals surface area contributed by atoms with Gasteiger partial charge in [0.1, 0.15) is 5.60 Å². The van der Waals surface area contributed by atoms with Gasteiger partial charge in [-0.3, -0.25) is 4.79 Å². The topological polar surface area (TPSA) is 49.8 Å². The van der Waals surface area contributed by atoms with E-state index in [4.69, 9.17) is 4.74 Å². The molecule has 0 aromatic heterocycles. The monoisotopic (exact) mass is 513 g/mol. The predicted octanol–water partition coefficient (Wildman–Crippen LogP) is 6.20. The van der Waals surface area contributed by atoms with Gasteiger partial charge in [0, 0.05) is 36.0 Å². The standard InChI is InChI=1S/C34H43NO3/c1-5-15-34(37)25(6-2)19-31-29-13-9-24-18-27(36)12-14-28(24)32(29)30(20-33(31,34)4)23-7-10-26(11-8-23)35-16-17-38-21-22(35)3/h7-8,10-11,18,22,25,29-31,37H,6,9,12-14,16-17,19-21H2,1-4H3/t22-,25-,29+,30-,31+,33+,34+/m1/s1. The Labute approximate surface area is 228 Å². The first-order valence-corrected chi connectivity index (χ1v) is 14.9. The van der Waals surface area contributed by atoms with Crippen LogP contribution in [-0.2, 0) is 9.53 Å². The lowest BCUT2D eigenvalue weighted by Crippen LogP contribution is -2.52. The minimum atomic E-state index is -0.961. The molecule has 5 aliphatic rings. The van der Waals surface area contributed by atoms with Crippen LogP contribution < -0.4 is 4.90 Å². The van der Waals surface area contributed by atoms with Crippen LogP contribution in [0.25, 0.3) is 0 Å². The molecular weight excluding hydrogens is 470 g/mol. The van der Waals surface area contributed by atoms with E-state index >= 15 is 0 Å². The van der Waals surface area contributed by atoms with Crippen LogP contribution in [0.1, 0.15) is 84.1 Å². The number of anilines is 1. The molecule has 202 valence electrons. The number of fused-ring (bicyclic) bond motifs is 4. The number of morpholine rings is 1. The highest BCUT2D eigenvalue weighted by atomic mass is 16.5. The average Bonchev–Trinajstić information content (AvgIpc) is 3.14. The van der Waals surface area contributed by atoms with Gasteiger partial charge in [-0.05, 0) is 105 Å². The maximum atomic E-state index is 12.4. The molecule has 0 bridgehead atoms. The van der Waals surface area contributed by atoms with Gasteiger partial charge in [-0.1, -0.05) is 37.5 Å². The number of ketones is 1. The number of allylic oxidation sites excluding steroid dienone is 4. The number of hydrogen-bond donors (Lipinski definition) is 1. The quantitative estimate of drug-likeness (QED) is 0.489. The Bertz CT molecular complexity index is 1230. The molecule has 4 heteroatoms. The summed E-state index contributed by atoms with van der Waals surface area (Å²) in [6.45, 7) is 11.1. The molecule has 3 fully saturated rings. The second kappa shape index (κ2) is 9.68. The van der Waals surface area contributed by atoms with E-state index in [9.17, 15) is 9.90 Å². The van der Waals surface area contributed by atoms with Gasteiger partial charge in [-0.15, -0.1) is 5.92 Å². The van der Waals surface area contributed by atoms with Crippen LogP contribution in [-0.4, -0.2) is 42.3 Å². The van der Waals surface area contributed by atoms with Crippen LogP contribution in [0.3, 0.4) is 0 Å². The normalized spacial score (nSPS) is 38.6. The van der Waals surface area contributed by atoms with Gasteiger partial charge in [0.05, 0.1) is 13.2 Å². The third-order valence-corrected chi connectivity index (χ3v) is 10.9. The Kier molecular flexibility index (Phi) is 6.60. The highest BCUT2D eigenvalue weighted by molar-refractivity contribution is 5.93. The Morgan fingerprint density at radius 1 is 1.18 bits per heavy atom. The molecule has 0 radical (unpaired) electrons. The Morgan fingerprint density at radius 3 is 2.68 bits per heavy atom. The fourth-order valence-electron chi connectivity index (χ4n) is 9.03. The lowest BCUT2D eigenvalue weighted by Gasteiger charge is -2.54. The fraction of sp³-hybridized carbons (Fsp3) is 0.618. The van der Waals surface area contributed by atoms with E-state index in [0.29, 0.717) is 24.3 Å². The van der Waals surface area contributed by atoms with E-state index in [0.717, 1.165) is 58.3 Å². The van der Waals surface area contributed by atoms with Crippen LogP contribution in [0, 0.1) is 35.0 Å². The van der Waals surface area contributed by atoms with Gasteiger partial charge in [0.2, 0.25) is 0 Å². The zero-order valence-electron chi connectivity index (χ0n) is 23.6. The number of ether oxygens (including phenoxy) is 1. The van der Waals surface area contributed by atoms with Crippen LogP contribution in [0.4, 0.5) is 5.69 Å². The van der Waals surface area contributed by atoms with Crippen molar-refractivity contribution in [3.05, 3.63) is 52.6 Å². The maximum Gasteiger partial charge on any atom is 0.156 e. The van der Waals surface area contributed by atoms with Crippen molar-refractivity contribution in [2.75, 3.05) is 24.7 Å². The summed E-state index contributed by atoms with van der Waals surface area (Å²) in [5, 5.41) is 12.3. The van der Waals surface area contributed by atoms with Crippen LogP contribution in [0.5, 0.6) is 0 Å². The number of nitrogens with zero attached hydrogens (tertiary/aromatic N) is 1. The van der Waals surface area contributed by atoms with Gasteiger partial charge in [0.15, 0.2) is 5.78 Å². The summed E-state index contributed by atoms with van der Waals surface area (Å²) < 4.78 is 5.67. The minimum Gasteiger partial charge on any atom is -0.377 e. The molecule has 0 spiro atoms. The molecule has 1 aromatic rings. The lowest BCUT2D eigenvalue weighted by molar-refractivity contribution is -0.114. The van der Waals surface area contributed by atoms with Crippen molar-refractivity contribution in [1.82, 2.24) is 0 Å². The van der Waals surface area contributed by atoms with E-state index in [2.05, 4.69) is 61.8 Å². The van der Waals surface area contributed by atoms with Crippen molar-refractivity contribution < 1.29 is 14.6 Å². The number of carbonyl (C=O) groups is 1. The maximum absolute atomic E-state index is 12.4. The molecule has 1 heterocycles. The SMILES string of the molecule is CC#C[C@]1(O)[C@H](CC)C[C@H]2[C@@H]3CCC4=CC(=O)CCC4=C3[C@@H](c3ccc(N4CCOC[C@H]4C)cc3)C[C@@]21C. The van der Waals surface area contributed by atoms with Crippen LogP contribution in [0.2, 0.25) is 0 Å². The van der Waals surface area contributed by atoms with Crippen molar-refractivity contribution in [2.24, 2.45) is 23.2 Å². The molecule has 1 aromatic carbocycles. The van der Waals surface area contributed by atoms with Crippen molar-refractivity contribution in [3.8, 4) is 11.8 Å². The second-order valence-electron chi connectivity index (χ2n) is 12.7. The molecule has 1 aliphatic heterocycles. The molecule has 38 heavy (non-hydrogen) atoms. The van der Waals surface area contributed by atoms with E-state index in [1.54, 1.807) is 5.57 Å². The number of hydrogen-bond acceptors (Lipinski definition) is 4. The van der Waals surface area contributed by atoms with Crippen molar-refractivity contribution >= 4 is 11.5 Å². The lowest BCUT2D eigenvalue weighted by atomic mass is 9.51. The summed E-state index contributed by atoms with van der Waals surface area (Å²) in [5.74, 6) is 8.07. The second-order valence-corrected chi connectivity index (χ2v) is 12.7. The van der Waals surface area contributed by atoms with Crippen LogP contribution in [0.15, 0.2) is 47.1 Å². The van der Waals surface area contributed by atoms with Crippen molar-refractivity contribution in [2.45, 2.75) is 90.2 Å². The Morgan fingerprint density at radius 2 is 1.97 bits per heavy atom. The number of benzene rings is 1. The molecule has 4 aliphatic carbocycles. The molecule has 2 saturated carbocycles. The molecule has 0 amide bonds. The zero-order valence-corrected chi connectivity index (χ0v) is 23.6. The number of carbonyl (C=O) groups excluding carboxylic acids is 1. The summed E-state index contributed by atoms with van der Waals surface area (Å²) in [6, 6.07) is 9.61. The third kappa shape index (κ3) is 3.84. The van der Waals surface area contributed by atoms with Gasteiger partial charge in [-0.2, -0.15) is 0 Å². The summed E-state index contributed by atoms with van der Waals surface area (Å²) in [7, 11) is 0. The molecule has 1 saturated heterocycles. The summed E-state index contributed by atoms with van der Waals surface area (Å²) >= 11 is 0. The van der Waals surface area contributed by atoms with Crippen molar-refractivity contribution in [3.63, 3.8) is 0 Å². The Balaban J connectivity index is 1.46. The third-order valence-electron chi connectivity index (χ3n) is 10.9. The molecule has 6 rings (SSSR count). The Hall–Kier alpha value is -2.35. The first-order valence-electron chi connectivity index (χ1n) is 14.9. The summed E-state index contributed by atoms with van der Waals surface area (Å²) in [5.41, 5.74) is 5.69. The molecule has 7 atom stereocenters. The number of rotatable bonds is 3. The smallest absolute Gasteiger partial charge is 0.156 e. The van der Waals surface area contributed by atoms with E-state index in [-0.39, 0.29) is 23.0 Å². The van der Waals surface area contributed by atoms with Crippen LogP contribution >= 0.6 is 0 Å². The first-order chi connectivity index (χ1) is 18.3. The van der Waals surface area contributed by atoms with E-state index in [1.165, 1.54) is 22.4 Å². The molecule has 0 unspecified atom stereocenters.